The van der Waals surface area contributed by atoms with Crippen LogP contribution in [0.1, 0.15) is 0 Å². The average molecular weight is 381 g/mol. The van der Waals surface area contributed by atoms with Crippen LogP contribution in [0.5, 0.6) is 5.75 Å². The molecule has 0 aromatic heterocycles. The van der Waals surface area contributed by atoms with E-state index in [2.05, 4.69) is 41.9 Å². The van der Waals surface area contributed by atoms with Crippen LogP contribution >= 0.6 is 31.9 Å². The van der Waals surface area contributed by atoms with E-state index in [9.17, 15) is 4.79 Å². The van der Waals surface area contributed by atoms with Crippen molar-refractivity contribution in [1.29, 1.82) is 0 Å². The average Bonchev–Trinajstić information content (AvgIpc) is 2.37. The fourth-order valence-electron chi connectivity index (χ4n) is 1.24. The topological polar surface area (TPSA) is 47.6 Å². The maximum Gasteiger partial charge on any atom is 0.320 e. The van der Waals surface area contributed by atoms with Crippen LogP contribution in [0, 0.1) is 0 Å². The van der Waals surface area contributed by atoms with E-state index in [4.69, 9.17) is 4.74 Å². The quantitative estimate of drug-likeness (QED) is 0.448. The monoisotopic (exact) mass is 379 g/mol. The summed E-state index contributed by atoms with van der Waals surface area (Å²) >= 11 is 6.60. The molecular weight excluding hydrogens is 366 g/mol. The van der Waals surface area contributed by atoms with Crippen LogP contribution < -0.4 is 10.1 Å². The second-order valence-corrected chi connectivity index (χ2v) is 5.52. The zero-order chi connectivity index (χ0) is 13.4. The Bertz CT molecular complexity index is 387. The third-order valence-corrected chi connectivity index (χ3v) is 3.31. The number of rotatable bonds is 7. The Morgan fingerprint density at radius 3 is 2.94 bits per heavy atom. The van der Waals surface area contributed by atoms with Gasteiger partial charge in [0, 0.05) is 17.6 Å². The van der Waals surface area contributed by atoms with Crippen molar-refractivity contribution in [2.75, 3.05) is 26.8 Å². The van der Waals surface area contributed by atoms with E-state index in [0.29, 0.717) is 19.7 Å². The van der Waals surface area contributed by atoms with E-state index in [1.165, 1.54) is 7.11 Å². The summed E-state index contributed by atoms with van der Waals surface area (Å²) in [5.41, 5.74) is 0. The summed E-state index contributed by atoms with van der Waals surface area (Å²) in [4.78, 5) is 10.8. The predicted molar refractivity (Wildman–Crippen MR) is 77.2 cm³/mol. The molecule has 1 unspecified atom stereocenters. The number of nitrogens with one attached hydrogen (secondary N) is 1. The van der Waals surface area contributed by atoms with Crippen molar-refractivity contribution < 1.29 is 14.3 Å². The Balaban J connectivity index is 2.14. The molecule has 0 aliphatic rings. The molecule has 4 nitrogen and oxygen atoms in total. The summed E-state index contributed by atoms with van der Waals surface area (Å²) in [5.74, 6) is 0.532. The highest BCUT2D eigenvalue weighted by Crippen LogP contribution is 2.17. The minimum atomic E-state index is -0.326. The molecule has 0 spiro atoms. The number of halogens is 2. The van der Waals surface area contributed by atoms with E-state index in [1.54, 1.807) is 0 Å². The molecule has 1 atom stereocenters. The number of esters is 1. The standard InChI is InChI=1S/C12H15Br2NO3/c1-17-12(16)11(14)8-15-5-6-18-10-4-2-3-9(13)7-10/h2-4,7,11,15H,5-6,8H2,1H3. The van der Waals surface area contributed by atoms with Crippen LogP contribution in [0.2, 0.25) is 0 Å². The molecule has 6 heteroatoms. The zero-order valence-corrected chi connectivity index (χ0v) is 13.2. The van der Waals surface area contributed by atoms with Gasteiger partial charge >= 0.3 is 5.97 Å². The second kappa shape index (κ2) is 8.50. The molecule has 0 saturated heterocycles. The highest BCUT2D eigenvalue weighted by atomic mass is 79.9. The molecule has 0 fully saturated rings. The van der Waals surface area contributed by atoms with Gasteiger partial charge in [-0.3, -0.25) is 4.79 Å². The molecule has 0 saturated carbocycles. The van der Waals surface area contributed by atoms with Crippen molar-refractivity contribution in [3.05, 3.63) is 28.7 Å². The molecule has 0 amide bonds. The van der Waals surface area contributed by atoms with Gasteiger partial charge in [-0.15, -0.1) is 0 Å². The van der Waals surface area contributed by atoms with E-state index < -0.39 is 0 Å². The van der Waals surface area contributed by atoms with Gasteiger partial charge in [-0.1, -0.05) is 37.9 Å². The first-order valence-corrected chi connectivity index (χ1v) is 7.15. The largest absolute Gasteiger partial charge is 0.492 e. The Hall–Kier alpha value is -0.590. The summed E-state index contributed by atoms with van der Waals surface area (Å²) in [6.45, 7) is 1.71. The first-order valence-electron chi connectivity index (χ1n) is 5.44. The molecule has 100 valence electrons. The van der Waals surface area contributed by atoms with Crippen LogP contribution in [0.4, 0.5) is 0 Å². The van der Waals surface area contributed by atoms with Crippen molar-refractivity contribution in [1.82, 2.24) is 5.32 Å². The Morgan fingerprint density at radius 2 is 2.28 bits per heavy atom. The molecule has 1 aromatic rings. The molecule has 18 heavy (non-hydrogen) atoms. The van der Waals surface area contributed by atoms with Gasteiger partial charge in [-0.05, 0) is 18.2 Å². The molecule has 0 aliphatic carbocycles. The number of ether oxygens (including phenoxy) is 2. The van der Waals surface area contributed by atoms with Crippen LogP contribution in [-0.2, 0) is 9.53 Å². The summed E-state index contributed by atoms with van der Waals surface area (Å²) in [7, 11) is 1.37. The summed E-state index contributed by atoms with van der Waals surface area (Å²) in [6, 6.07) is 7.66. The molecule has 0 aliphatic heterocycles. The number of hydrogen-bond acceptors (Lipinski definition) is 4. The lowest BCUT2D eigenvalue weighted by atomic mass is 10.3. The minimum absolute atomic E-state index is 0.282. The molecule has 1 N–H and O–H groups in total. The van der Waals surface area contributed by atoms with E-state index >= 15 is 0 Å². The van der Waals surface area contributed by atoms with Gasteiger partial charge in [0.25, 0.3) is 0 Å². The number of hydrogen-bond donors (Lipinski definition) is 1. The Morgan fingerprint density at radius 1 is 1.50 bits per heavy atom. The first-order chi connectivity index (χ1) is 8.63. The highest BCUT2D eigenvalue weighted by molar-refractivity contribution is 9.10. The van der Waals surface area contributed by atoms with E-state index in [-0.39, 0.29) is 10.8 Å². The van der Waals surface area contributed by atoms with Crippen LogP contribution in [-0.4, -0.2) is 37.6 Å². The maximum absolute atomic E-state index is 11.1. The first kappa shape index (κ1) is 15.5. The molecule has 0 heterocycles. The molecule has 0 bridgehead atoms. The third-order valence-electron chi connectivity index (χ3n) is 2.12. The lowest BCUT2D eigenvalue weighted by Crippen LogP contribution is -2.32. The fourth-order valence-corrected chi connectivity index (χ4v) is 2.03. The van der Waals surface area contributed by atoms with Crippen LogP contribution in [0.15, 0.2) is 28.7 Å². The van der Waals surface area contributed by atoms with E-state index in [1.807, 2.05) is 24.3 Å². The van der Waals surface area contributed by atoms with Gasteiger partial charge in [0.15, 0.2) is 0 Å². The predicted octanol–water partition coefficient (Wildman–Crippen LogP) is 2.35. The van der Waals surface area contributed by atoms with Gasteiger partial charge < -0.3 is 14.8 Å². The summed E-state index contributed by atoms with van der Waals surface area (Å²) < 4.78 is 11.1. The number of carbonyl (C=O) groups excluding carboxylic acids is 1. The van der Waals surface area contributed by atoms with Crippen molar-refractivity contribution in [3.63, 3.8) is 0 Å². The van der Waals surface area contributed by atoms with Crippen molar-refractivity contribution in [3.8, 4) is 5.75 Å². The minimum Gasteiger partial charge on any atom is -0.492 e. The number of methoxy groups -OCH3 is 1. The lowest BCUT2D eigenvalue weighted by Gasteiger charge is -2.10. The molecular formula is C12H15Br2NO3. The second-order valence-electron chi connectivity index (χ2n) is 3.50. The highest BCUT2D eigenvalue weighted by Gasteiger charge is 2.13. The normalized spacial score (nSPS) is 11.9. The van der Waals surface area contributed by atoms with Gasteiger partial charge in [0.1, 0.15) is 17.2 Å². The smallest absolute Gasteiger partial charge is 0.320 e. The molecule has 1 aromatic carbocycles. The van der Waals surface area contributed by atoms with Gasteiger partial charge in [-0.25, -0.2) is 0 Å². The van der Waals surface area contributed by atoms with Crippen LogP contribution in [0.3, 0.4) is 0 Å². The fraction of sp³-hybridized carbons (Fsp3) is 0.417. The van der Waals surface area contributed by atoms with Crippen molar-refractivity contribution in [2.45, 2.75) is 4.83 Å². The van der Waals surface area contributed by atoms with Crippen molar-refractivity contribution in [2.24, 2.45) is 0 Å². The number of benzene rings is 1. The number of carbonyl (C=O) groups is 1. The molecule has 1 rings (SSSR count). The maximum atomic E-state index is 11.1. The Kier molecular flexibility index (Phi) is 7.31. The van der Waals surface area contributed by atoms with Crippen molar-refractivity contribution >= 4 is 37.8 Å². The Labute approximate surface area is 123 Å². The van der Waals surface area contributed by atoms with E-state index in [0.717, 1.165) is 10.2 Å². The lowest BCUT2D eigenvalue weighted by molar-refractivity contribution is -0.139. The van der Waals surface area contributed by atoms with Gasteiger partial charge in [0.05, 0.1) is 7.11 Å². The summed E-state index contributed by atoms with van der Waals surface area (Å²) in [6.07, 6.45) is 0. The van der Waals surface area contributed by atoms with Crippen LogP contribution in [0.25, 0.3) is 0 Å². The zero-order valence-electron chi connectivity index (χ0n) is 9.99. The summed E-state index contributed by atoms with van der Waals surface area (Å²) in [5, 5.41) is 3.10. The molecule has 0 radical (unpaired) electrons. The number of alkyl halides is 1. The van der Waals surface area contributed by atoms with Gasteiger partial charge in [0.2, 0.25) is 0 Å². The third kappa shape index (κ3) is 5.84. The SMILES string of the molecule is COC(=O)C(Br)CNCCOc1cccc(Br)c1. The van der Waals surface area contributed by atoms with Gasteiger partial charge in [-0.2, -0.15) is 0 Å².